The molecule has 3 rings (SSSR count). The van der Waals surface area contributed by atoms with Crippen LogP contribution in [0.4, 0.5) is 5.95 Å². The molecule has 6 heteroatoms. The Balaban J connectivity index is 2.02. The first-order valence-electron chi connectivity index (χ1n) is 6.30. The van der Waals surface area contributed by atoms with E-state index in [2.05, 4.69) is 20.3 Å². The minimum absolute atomic E-state index is 0.172. The molecule has 2 aromatic heterocycles. The first-order valence-corrected chi connectivity index (χ1v) is 6.67. The van der Waals surface area contributed by atoms with Crippen molar-refractivity contribution in [2.24, 2.45) is 0 Å². The van der Waals surface area contributed by atoms with Gasteiger partial charge in [0.05, 0.1) is 11.1 Å². The number of carbonyl (C=O) groups excluding carboxylic acids is 1. The monoisotopic (exact) mass is 298 g/mol. The standard InChI is InChI=1S/C15H11ClN4O/c1-9-8-11(10-4-2-3-5-12(10)18-9)14(21)20-15-17-7-6-13(16)19-15/h2-8H,1H3,(H,17,19,20,21). The number of halogens is 1. The number of aromatic nitrogens is 3. The van der Waals surface area contributed by atoms with Crippen LogP contribution in [0.5, 0.6) is 0 Å². The van der Waals surface area contributed by atoms with E-state index in [-0.39, 0.29) is 17.0 Å². The lowest BCUT2D eigenvalue weighted by molar-refractivity contribution is 0.102. The maximum absolute atomic E-state index is 12.4. The van der Waals surface area contributed by atoms with Gasteiger partial charge in [-0.1, -0.05) is 29.8 Å². The van der Waals surface area contributed by atoms with Crippen molar-refractivity contribution in [2.45, 2.75) is 6.92 Å². The molecular formula is C15H11ClN4O. The first-order chi connectivity index (χ1) is 10.1. The molecule has 1 aromatic carbocycles. The number of pyridine rings is 1. The molecule has 0 saturated carbocycles. The van der Waals surface area contributed by atoms with Gasteiger partial charge in [0.1, 0.15) is 5.15 Å². The van der Waals surface area contributed by atoms with Crippen molar-refractivity contribution in [1.82, 2.24) is 15.0 Å². The average molecular weight is 299 g/mol. The minimum atomic E-state index is -0.293. The Kier molecular flexibility index (Phi) is 3.50. The molecule has 0 aliphatic rings. The molecule has 0 aliphatic heterocycles. The molecule has 104 valence electrons. The molecule has 3 aromatic rings. The molecule has 0 spiro atoms. The summed E-state index contributed by atoms with van der Waals surface area (Å²) in [7, 11) is 0. The molecule has 0 saturated heterocycles. The number of benzene rings is 1. The lowest BCUT2D eigenvalue weighted by Crippen LogP contribution is -2.15. The third-order valence-corrected chi connectivity index (χ3v) is 3.15. The predicted molar refractivity (Wildman–Crippen MR) is 81.5 cm³/mol. The Morgan fingerprint density at radius 1 is 1.19 bits per heavy atom. The molecular weight excluding hydrogens is 288 g/mol. The number of amides is 1. The van der Waals surface area contributed by atoms with Crippen LogP contribution in [-0.2, 0) is 0 Å². The third kappa shape index (κ3) is 2.83. The van der Waals surface area contributed by atoms with Crippen molar-refractivity contribution in [3.63, 3.8) is 0 Å². The number of para-hydroxylation sites is 1. The average Bonchev–Trinajstić information content (AvgIpc) is 2.46. The van der Waals surface area contributed by atoms with E-state index in [1.807, 2.05) is 31.2 Å². The molecule has 0 aliphatic carbocycles. The second-order valence-electron chi connectivity index (χ2n) is 4.49. The van der Waals surface area contributed by atoms with Crippen LogP contribution in [-0.4, -0.2) is 20.9 Å². The number of rotatable bonds is 2. The Hall–Kier alpha value is -2.53. The summed E-state index contributed by atoms with van der Waals surface area (Å²) >= 11 is 5.78. The highest BCUT2D eigenvalue weighted by Crippen LogP contribution is 2.19. The van der Waals surface area contributed by atoms with Crippen molar-refractivity contribution in [3.05, 3.63) is 59.0 Å². The second kappa shape index (κ2) is 5.46. The van der Waals surface area contributed by atoms with Crippen LogP contribution in [0.25, 0.3) is 10.9 Å². The Morgan fingerprint density at radius 2 is 2.00 bits per heavy atom. The van der Waals surface area contributed by atoms with Gasteiger partial charge in [0.15, 0.2) is 0 Å². The van der Waals surface area contributed by atoms with E-state index < -0.39 is 0 Å². The van der Waals surface area contributed by atoms with E-state index in [4.69, 9.17) is 11.6 Å². The highest BCUT2D eigenvalue weighted by Gasteiger charge is 2.13. The van der Waals surface area contributed by atoms with Crippen LogP contribution in [0.3, 0.4) is 0 Å². The molecule has 0 unspecified atom stereocenters. The Bertz CT molecular complexity index is 835. The fourth-order valence-corrected chi connectivity index (χ4v) is 2.20. The summed E-state index contributed by atoms with van der Waals surface area (Å²) in [6.45, 7) is 1.85. The van der Waals surface area contributed by atoms with Gasteiger partial charge in [0.2, 0.25) is 5.95 Å². The van der Waals surface area contributed by atoms with E-state index in [1.54, 1.807) is 12.1 Å². The number of anilines is 1. The summed E-state index contributed by atoms with van der Waals surface area (Å²) in [5, 5.41) is 3.70. The summed E-state index contributed by atoms with van der Waals surface area (Å²) in [6, 6.07) is 10.8. The smallest absolute Gasteiger partial charge is 0.258 e. The zero-order chi connectivity index (χ0) is 14.8. The van der Waals surface area contributed by atoms with Crippen molar-refractivity contribution in [1.29, 1.82) is 0 Å². The summed E-state index contributed by atoms with van der Waals surface area (Å²) < 4.78 is 0. The fraction of sp³-hybridized carbons (Fsp3) is 0.0667. The number of carbonyl (C=O) groups is 1. The second-order valence-corrected chi connectivity index (χ2v) is 4.87. The van der Waals surface area contributed by atoms with Crippen LogP contribution < -0.4 is 5.32 Å². The van der Waals surface area contributed by atoms with Crippen LogP contribution in [0, 0.1) is 6.92 Å². The van der Waals surface area contributed by atoms with Gasteiger partial charge in [-0.25, -0.2) is 9.97 Å². The number of hydrogen-bond acceptors (Lipinski definition) is 4. The van der Waals surface area contributed by atoms with Gasteiger partial charge >= 0.3 is 0 Å². The van der Waals surface area contributed by atoms with Gasteiger partial charge in [-0.05, 0) is 25.1 Å². The van der Waals surface area contributed by atoms with Crippen LogP contribution in [0.2, 0.25) is 5.15 Å². The zero-order valence-electron chi connectivity index (χ0n) is 11.2. The van der Waals surface area contributed by atoms with Crippen molar-refractivity contribution in [3.8, 4) is 0 Å². The van der Waals surface area contributed by atoms with Gasteiger partial charge < -0.3 is 0 Å². The van der Waals surface area contributed by atoms with Gasteiger partial charge in [-0.15, -0.1) is 0 Å². The summed E-state index contributed by atoms with van der Waals surface area (Å²) in [6.07, 6.45) is 1.49. The lowest BCUT2D eigenvalue weighted by atomic mass is 10.1. The van der Waals surface area contributed by atoms with Gasteiger partial charge in [0, 0.05) is 17.3 Å². The van der Waals surface area contributed by atoms with Gasteiger partial charge in [-0.3, -0.25) is 15.1 Å². The summed E-state index contributed by atoms with van der Waals surface area (Å²) in [4.78, 5) is 24.7. The lowest BCUT2D eigenvalue weighted by Gasteiger charge is -2.08. The van der Waals surface area contributed by atoms with Crippen LogP contribution in [0.15, 0.2) is 42.6 Å². The number of nitrogens with one attached hydrogen (secondary N) is 1. The van der Waals surface area contributed by atoms with Gasteiger partial charge in [0.25, 0.3) is 5.91 Å². The molecule has 21 heavy (non-hydrogen) atoms. The molecule has 0 atom stereocenters. The van der Waals surface area contributed by atoms with E-state index in [0.717, 1.165) is 16.6 Å². The molecule has 2 heterocycles. The SMILES string of the molecule is Cc1cc(C(=O)Nc2nccc(Cl)n2)c2ccccc2n1. The fourth-order valence-electron chi connectivity index (χ4n) is 2.06. The number of fused-ring (bicyclic) bond motifs is 1. The number of aryl methyl sites for hydroxylation is 1. The maximum Gasteiger partial charge on any atom is 0.258 e. The predicted octanol–water partition coefficient (Wildman–Crippen LogP) is 3.24. The number of nitrogens with zero attached hydrogens (tertiary/aromatic N) is 3. The molecule has 1 N–H and O–H groups in total. The normalized spacial score (nSPS) is 10.6. The molecule has 0 bridgehead atoms. The van der Waals surface area contributed by atoms with Crippen LogP contribution >= 0.6 is 11.6 Å². The van der Waals surface area contributed by atoms with Crippen molar-refractivity contribution < 1.29 is 4.79 Å². The highest BCUT2D eigenvalue weighted by molar-refractivity contribution is 6.29. The summed E-state index contributed by atoms with van der Waals surface area (Å²) in [5.74, 6) is -0.120. The molecule has 0 fully saturated rings. The topological polar surface area (TPSA) is 67.8 Å². The minimum Gasteiger partial charge on any atom is -0.290 e. The van der Waals surface area contributed by atoms with Gasteiger partial charge in [-0.2, -0.15) is 0 Å². The van der Waals surface area contributed by atoms with E-state index in [9.17, 15) is 4.79 Å². The van der Waals surface area contributed by atoms with Crippen molar-refractivity contribution >= 4 is 34.4 Å². The highest BCUT2D eigenvalue weighted by atomic mass is 35.5. The molecule has 5 nitrogen and oxygen atoms in total. The largest absolute Gasteiger partial charge is 0.290 e. The molecule has 1 amide bonds. The zero-order valence-corrected chi connectivity index (χ0v) is 11.9. The maximum atomic E-state index is 12.4. The third-order valence-electron chi connectivity index (χ3n) is 2.94. The molecule has 0 radical (unpaired) electrons. The first kappa shape index (κ1) is 13.5. The Labute approximate surface area is 126 Å². The van der Waals surface area contributed by atoms with Crippen molar-refractivity contribution in [2.75, 3.05) is 5.32 Å². The van der Waals surface area contributed by atoms with E-state index in [0.29, 0.717) is 5.56 Å². The number of hydrogen-bond donors (Lipinski definition) is 1. The van der Waals surface area contributed by atoms with Crippen LogP contribution in [0.1, 0.15) is 16.1 Å². The quantitative estimate of drug-likeness (QED) is 0.738. The Morgan fingerprint density at radius 3 is 2.81 bits per heavy atom. The summed E-state index contributed by atoms with van der Waals surface area (Å²) in [5.41, 5.74) is 2.07. The van der Waals surface area contributed by atoms with E-state index in [1.165, 1.54) is 6.20 Å². The van der Waals surface area contributed by atoms with E-state index >= 15 is 0 Å².